The molecule has 0 spiro atoms. The van der Waals surface area contributed by atoms with E-state index in [1.165, 1.54) is 0 Å². The summed E-state index contributed by atoms with van der Waals surface area (Å²) in [4.78, 5) is 24.3. The number of rotatable bonds is 7. The van der Waals surface area contributed by atoms with Crippen molar-refractivity contribution in [3.8, 4) is 0 Å². The molecule has 0 heterocycles. The zero-order valence-corrected chi connectivity index (χ0v) is 13.3. The Morgan fingerprint density at radius 2 is 1.81 bits per heavy atom. The number of ether oxygens (including phenoxy) is 2. The predicted molar refractivity (Wildman–Crippen MR) is 81.5 cm³/mol. The first-order valence-electron chi connectivity index (χ1n) is 7.47. The van der Waals surface area contributed by atoms with Crippen molar-refractivity contribution in [1.82, 2.24) is 0 Å². The molecule has 0 N–H and O–H groups in total. The fraction of sp³-hybridized carbons (Fsp3) is 0.529. The van der Waals surface area contributed by atoms with Crippen molar-refractivity contribution in [2.24, 2.45) is 5.92 Å². The molecule has 0 unspecified atom stereocenters. The highest BCUT2D eigenvalue weighted by atomic mass is 16.5. The average Bonchev–Trinajstić information content (AvgIpc) is 2.46. The van der Waals surface area contributed by atoms with Crippen molar-refractivity contribution >= 4 is 11.9 Å². The highest BCUT2D eigenvalue weighted by molar-refractivity contribution is 6.04. The van der Waals surface area contributed by atoms with Gasteiger partial charge in [0.2, 0.25) is 0 Å². The van der Waals surface area contributed by atoms with Gasteiger partial charge in [-0.25, -0.2) is 9.59 Å². The van der Waals surface area contributed by atoms with Crippen molar-refractivity contribution in [2.45, 2.75) is 40.5 Å². The first kappa shape index (κ1) is 17.2. The molecule has 4 nitrogen and oxygen atoms in total. The van der Waals surface area contributed by atoms with Gasteiger partial charge in [-0.1, -0.05) is 32.9 Å². The topological polar surface area (TPSA) is 52.6 Å². The molecule has 0 saturated carbocycles. The SMILES string of the molecule is CCOC(=O)c1c(CC)cccc1C(=O)OCCC(C)C. The highest BCUT2D eigenvalue weighted by Gasteiger charge is 2.22. The van der Waals surface area contributed by atoms with E-state index in [0.29, 0.717) is 24.5 Å². The van der Waals surface area contributed by atoms with Crippen molar-refractivity contribution in [1.29, 1.82) is 0 Å². The lowest BCUT2D eigenvalue weighted by molar-refractivity contribution is 0.0455. The Morgan fingerprint density at radius 1 is 1.10 bits per heavy atom. The van der Waals surface area contributed by atoms with Gasteiger partial charge in [0.05, 0.1) is 24.3 Å². The third-order valence-electron chi connectivity index (χ3n) is 3.16. The molecule has 1 rings (SSSR count). The van der Waals surface area contributed by atoms with Gasteiger partial charge in [-0.2, -0.15) is 0 Å². The summed E-state index contributed by atoms with van der Waals surface area (Å²) in [6.45, 7) is 8.44. The van der Waals surface area contributed by atoms with Crippen LogP contribution in [-0.4, -0.2) is 25.2 Å². The van der Waals surface area contributed by atoms with Crippen molar-refractivity contribution < 1.29 is 19.1 Å². The van der Waals surface area contributed by atoms with E-state index in [-0.39, 0.29) is 12.2 Å². The third-order valence-corrected chi connectivity index (χ3v) is 3.16. The molecule has 0 fully saturated rings. The fourth-order valence-corrected chi connectivity index (χ4v) is 1.97. The van der Waals surface area contributed by atoms with Gasteiger partial charge in [-0.15, -0.1) is 0 Å². The summed E-state index contributed by atoms with van der Waals surface area (Å²) in [5, 5.41) is 0. The van der Waals surface area contributed by atoms with Crippen LogP contribution < -0.4 is 0 Å². The molecule has 0 aliphatic heterocycles. The second-order valence-electron chi connectivity index (χ2n) is 5.23. The molecule has 0 amide bonds. The number of hydrogen-bond acceptors (Lipinski definition) is 4. The molecule has 1 aromatic rings. The predicted octanol–water partition coefficient (Wildman–Crippen LogP) is 3.63. The molecule has 0 aromatic heterocycles. The Bertz CT molecular complexity index is 492. The van der Waals surface area contributed by atoms with Gasteiger partial charge in [0, 0.05) is 0 Å². The normalized spacial score (nSPS) is 10.5. The molecule has 0 bridgehead atoms. The molecule has 0 aliphatic rings. The Kier molecular flexibility index (Phi) is 6.92. The van der Waals surface area contributed by atoms with E-state index in [4.69, 9.17) is 9.47 Å². The summed E-state index contributed by atoms with van der Waals surface area (Å²) in [5.74, 6) is -0.468. The third kappa shape index (κ3) is 4.88. The number of carbonyl (C=O) groups excluding carboxylic acids is 2. The van der Waals surface area contributed by atoms with Gasteiger partial charge in [-0.3, -0.25) is 0 Å². The maximum atomic E-state index is 12.2. The standard InChI is InChI=1S/C17H24O4/c1-5-13-8-7-9-14(15(13)17(19)20-6-2)16(18)21-11-10-12(3)4/h7-9,12H,5-6,10-11H2,1-4H3. The highest BCUT2D eigenvalue weighted by Crippen LogP contribution is 2.18. The molecule has 0 saturated heterocycles. The summed E-state index contributed by atoms with van der Waals surface area (Å²) < 4.78 is 10.3. The lowest BCUT2D eigenvalue weighted by Crippen LogP contribution is -2.17. The van der Waals surface area contributed by atoms with Gasteiger partial charge in [0.1, 0.15) is 0 Å². The monoisotopic (exact) mass is 292 g/mol. The van der Waals surface area contributed by atoms with Gasteiger partial charge in [0.15, 0.2) is 0 Å². The Balaban J connectivity index is 2.99. The minimum atomic E-state index is -0.467. The smallest absolute Gasteiger partial charge is 0.339 e. The van der Waals surface area contributed by atoms with Gasteiger partial charge < -0.3 is 9.47 Å². The number of hydrogen-bond donors (Lipinski definition) is 0. The second kappa shape index (κ2) is 8.45. The van der Waals surface area contributed by atoms with E-state index in [9.17, 15) is 9.59 Å². The molecule has 4 heteroatoms. The first-order valence-corrected chi connectivity index (χ1v) is 7.47. The van der Waals surface area contributed by atoms with E-state index in [2.05, 4.69) is 13.8 Å². The Morgan fingerprint density at radius 3 is 2.38 bits per heavy atom. The summed E-state index contributed by atoms with van der Waals surface area (Å²) in [5.41, 5.74) is 1.42. The molecular formula is C17H24O4. The fourth-order valence-electron chi connectivity index (χ4n) is 1.97. The number of carbonyl (C=O) groups is 2. The van der Waals surface area contributed by atoms with Crippen LogP contribution in [0.3, 0.4) is 0 Å². The summed E-state index contributed by atoms with van der Waals surface area (Å²) in [7, 11) is 0. The van der Waals surface area contributed by atoms with E-state index < -0.39 is 11.9 Å². The summed E-state index contributed by atoms with van der Waals surface area (Å²) in [6, 6.07) is 5.21. The Hall–Kier alpha value is -1.84. The zero-order valence-electron chi connectivity index (χ0n) is 13.3. The number of benzene rings is 1. The molecule has 1 aromatic carbocycles. The molecule has 0 aliphatic carbocycles. The molecule has 0 atom stereocenters. The quantitative estimate of drug-likeness (QED) is 0.720. The van der Waals surface area contributed by atoms with Crippen LogP contribution in [0.15, 0.2) is 18.2 Å². The van der Waals surface area contributed by atoms with Crippen LogP contribution in [0.1, 0.15) is 60.4 Å². The molecule has 0 radical (unpaired) electrons. The molecule has 21 heavy (non-hydrogen) atoms. The van der Waals surface area contributed by atoms with Crippen LogP contribution in [0.25, 0.3) is 0 Å². The van der Waals surface area contributed by atoms with E-state index in [0.717, 1.165) is 12.0 Å². The maximum Gasteiger partial charge on any atom is 0.339 e. The second-order valence-corrected chi connectivity index (χ2v) is 5.23. The van der Waals surface area contributed by atoms with E-state index in [1.54, 1.807) is 19.1 Å². The number of aryl methyl sites for hydroxylation is 1. The molecular weight excluding hydrogens is 268 g/mol. The minimum Gasteiger partial charge on any atom is -0.462 e. The van der Waals surface area contributed by atoms with Gasteiger partial charge in [0.25, 0.3) is 0 Å². The van der Waals surface area contributed by atoms with Crippen molar-refractivity contribution in [2.75, 3.05) is 13.2 Å². The number of esters is 2. The lowest BCUT2D eigenvalue weighted by atomic mass is 9.99. The van der Waals surface area contributed by atoms with Crippen LogP contribution in [0.4, 0.5) is 0 Å². The van der Waals surface area contributed by atoms with Gasteiger partial charge >= 0.3 is 11.9 Å². The first-order chi connectivity index (χ1) is 10.0. The maximum absolute atomic E-state index is 12.2. The zero-order chi connectivity index (χ0) is 15.8. The van der Waals surface area contributed by atoms with Gasteiger partial charge in [-0.05, 0) is 37.3 Å². The summed E-state index contributed by atoms with van der Waals surface area (Å²) >= 11 is 0. The van der Waals surface area contributed by atoms with Crippen molar-refractivity contribution in [3.05, 3.63) is 34.9 Å². The van der Waals surface area contributed by atoms with Crippen LogP contribution in [0.5, 0.6) is 0 Å². The Labute approximate surface area is 126 Å². The van der Waals surface area contributed by atoms with E-state index >= 15 is 0 Å². The van der Waals surface area contributed by atoms with Crippen LogP contribution in [-0.2, 0) is 15.9 Å². The van der Waals surface area contributed by atoms with Crippen LogP contribution >= 0.6 is 0 Å². The van der Waals surface area contributed by atoms with Crippen LogP contribution in [0, 0.1) is 5.92 Å². The summed E-state index contributed by atoms with van der Waals surface area (Å²) in [6.07, 6.45) is 1.45. The average molecular weight is 292 g/mol. The molecule has 116 valence electrons. The minimum absolute atomic E-state index is 0.277. The van der Waals surface area contributed by atoms with Crippen LogP contribution in [0.2, 0.25) is 0 Å². The van der Waals surface area contributed by atoms with E-state index in [1.807, 2.05) is 13.0 Å². The lowest BCUT2D eigenvalue weighted by Gasteiger charge is -2.13. The van der Waals surface area contributed by atoms with Crippen molar-refractivity contribution in [3.63, 3.8) is 0 Å². The largest absolute Gasteiger partial charge is 0.462 e.